The third-order valence-electron chi connectivity index (χ3n) is 1.04. The fraction of sp³-hybridized carbons (Fsp3) is 0. The first-order valence-electron chi connectivity index (χ1n) is 2.65. The van der Waals surface area contributed by atoms with Gasteiger partial charge < -0.3 is 10.6 Å². The van der Waals surface area contributed by atoms with E-state index < -0.39 is 0 Å². The maximum Gasteiger partial charge on any atom is 1.00 e. The van der Waals surface area contributed by atoms with Crippen LogP contribution >= 0.6 is 0 Å². The standard InChI is InChI=1S/C6H2FN4.Li/c7-1-6-10-4(2-8)5(3-9)11-6;/h1,10H;/q-1;+1. The Kier molecular flexibility index (Phi) is 3.94. The van der Waals surface area contributed by atoms with E-state index in [4.69, 9.17) is 10.5 Å². The van der Waals surface area contributed by atoms with Gasteiger partial charge in [0, 0.05) is 0 Å². The minimum atomic E-state index is -0.113. The Labute approximate surface area is 80.5 Å². The Morgan fingerprint density at radius 1 is 1.42 bits per heavy atom. The van der Waals surface area contributed by atoms with Gasteiger partial charge in [-0.3, -0.25) is 0 Å². The van der Waals surface area contributed by atoms with Crippen LogP contribution in [-0.2, 0) is 0 Å². The molecule has 1 N–H and O–H groups in total. The van der Waals surface area contributed by atoms with Crippen molar-refractivity contribution < 1.29 is 23.3 Å². The van der Waals surface area contributed by atoms with Crippen LogP contribution in [0.3, 0.4) is 0 Å². The van der Waals surface area contributed by atoms with Crippen LogP contribution in [0.1, 0.15) is 0 Å². The second-order valence-electron chi connectivity index (χ2n) is 1.68. The molecule has 54 valence electrons. The first-order chi connectivity index (χ1) is 5.31. The summed E-state index contributed by atoms with van der Waals surface area (Å²) >= 11 is 0. The number of hydrogen-bond donors (Lipinski definition) is 1. The van der Waals surface area contributed by atoms with E-state index in [0.717, 1.165) is 0 Å². The predicted octanol–water partition coefficient (Wildman–Crippen LogP) is -2.01. The molecule has 0 atom stereocenters. The van der Waals surface area contributed by atoms with E-state index in [1.807, 2.05) is 0 Å². The van der Waals surface area contributed by atoms with Crippen LogP contribution in [0.4, 0.5) is 4.39 Å². The molecule has 0 radical (unpaired) electrons. The van der Waals surface area contributed by atoms with Gasteiger partial charge in [0.05, 0.1) is 29.9 Å². The molecular formula is C6H2FLiN4. The monoisotopic (exact) mass is 156 g/mol. The van der Waals surface area contributed by atoms with Crippen LogP contribution in [0.25, 0.3) is 5.32 Å². The largest absolute Gasteiger partial charge is 1.00 e. The Morgan fingerprint density at radius 2 is 2.08 bits per heavy atom. The molecule has 6 heteroatoms. The van der Waals surface area contributed by atoms with Gasteiger partial charge in [0.2, 0.25) is 0 Å². The Hall–Kier alpha value is -1.41. The number of rotatable bonds is 0. The molecule has 1 rings (SSSR count). The maximum absolute atomic E-state index is 11.8. The number of allylic oxidation sites excluding steroid dienone is 2. The number of nitrogens with one attached hydrogen (secondary N) is 1. The molecule has 0 fully saturated rings. The second kappa shape index (κ2) is 4.46. The van der Waals surface area contributed by atoms with Gasteiger partial charge in [0.1, 0.15) is 0 Å². The van der Waals surface area contributed by atoms with Gasteiger partial charge in [-0.2, -0.15) is 10.5 Å². The molecule has 4 nitrogen and oxygen atoms in total. The Bertz CT molecular complexity index is 291. The zero-order valence-electron chi connectivity index (χ0n) is 6.30. The average molecular weight is 156 g/mol. The van der Waals surface area contributed by atoms with Crippen LogP contribution in [0, 0.1) is 22.7 Å². The molecule has 0 spiro atoms. The van der Waals surface area contributed by atoms with Gasteiger partial charge in [-0.25, -0.2) is 4.39 Å². The van der Waals surface area contributed by atoms with Crippen molar-refractivity contribution in [1.82, 2.24) is 5.32 Å². The van der Waals surface area contributed by atoms with Crippen molar-refractivity contribution in [3.05, 3.63) is 28.9 Å². The number of halogens is 1. The summed E-state index contributed by atoms with van der Waals surface area (Å²) in [5.41, 5.74) is -0.104. The van der Waals surface area contributed by atoms with Crippen LogP contribution in [0.15, 0.2) is 23.5 Å². The molecule has 0 aromatic rings. The van der Waals surface area contributed by atoms with Crippen LogP contribution in [-0.4, -0.2) is 0 Å². The van der Waals surface area contributed by atoms with E-state index in [9.17, 15) is 4.39 Å². The van der Waals surface area contributed by atoms with Gasteiger partial charge in [0.15, 0.2) is 0 Å². The first kappa shape index (κ1) is 10.6. The quantitative estimate of drug-likeness (QED) is 0.412. The molecule has 0 aliphatic carbocycles. The fourth-order valence-corrected chi connectivity index (χ4v) is 0.605. The van der Waals surface area contributed by atoms with E-state index in [2.05, 4.69) is 10.6 Å². The van der Waals surface area contributed by atoms with Crippen molar-refractivity contribution in [3.8, 4) is 12.1 Å². The van der Waals surface area contributed by atoms with Gasteiger partial charge in [-0.15, -0.1) is 0 Å². The third kappa shape index (κ3) is 1.80. The molecule has 0 aromatic heterocycles. The smallest absolute Gasteiger partial charge is 0.446 e. The summed E-state index contributed by atoms with van der Waals surface area (Å²) in [6.45, 7) is 0. The van der Waals surface area contributed by atoms with Gasteiger partial charge in [-0.1, -0.05) is 0 Å². The number of hydrogen-bond acceptors (Lipinski definition) is 3. The molecule has 1 aliphatic heterocycles. The Morgan fingerprint density at radius 3 is 2.42 bits per heavy atom. The topological polar surface area (TPSA) is 73.7 Å². The van der Waals surface area contributed by atoms with E-state index in [1.54, 1.807) is 12.1 Å². The molecule has 1 aliphatic rings. The van der Waals surface area contributed by atoms with Gasteiger partial charge in [0.25, 0.3) is 0 Å². The van der Waals surface area contributed by atoms with E-state index in [0.29, 0.717) is 0 Å². The summed E-state index contributed by atoms with van der Waals surface area (Å²) in [6, 6.07) is 3.32. The summed E-state index contributed by atoms with van der Waals surface area (Å²) in [6.07, 6.45) is 0.196. The molecule has 1 heterocycles. The summed E-state index contributed by atoms with van der Waals surface area (Å²) in [7, 11) is 0. The summed E-state index contributed by atoms with van der Waals surface area (Å²) in [5, 5.41) is 22.4. The normalized spacial score (nSPS) is 17.1. The van der Waals surface area contributed by atoms with Crippen molar-refractivity contribution in [3.63, 3.8) is 0 Å². The van der Waals surface area contributed by atoms with Crippen LogP contribution < -0.4 is 24.2 Å². The second-order valence-corrected chi connectivity index (χ2v) is 1.68. The summed E-state index contributed by atoms with van der Waals surface area (Å²) in [4.78, 5) is 0. The first-order valence-corrected chi connectivity index (χ1v) is 2.65. The SMILES string of the molecule is N#CC1=C(C#N)NC(=CF)[N-]1.[Li+]. The van der Waals surface area contributed by atoms with Crippen molar-refractivity contribution in [2.24, 2.45) is 0 Å². The minimum Gasteiger partial charge on any atom is -0.446 e. The molecule has 0 amide bonds. The molecule has 12 heavy (non-hydrogen) atoms. The van der Waals surface area contributed by atoms with Gasteiger partial charge >= 0.3 is 18.9 Å². The van der Waals surface area contributed by atoms with Crippen molar-refractivity contribution in [2.75, 3.05) is 0 Å². The third-order valence-corrected chi connectivity index (χ3v) is 1.04. The van der Waals surface area contributed by atoms with E-state index in [-0.39, 0.29) is 42.4 Å². The summed E-state index contributed by atoms with van der Waals surface area (Å²) in [5.74, 6) is -0.113. The molecule has 0 aromatic carbocycles. The number of nitriles is 2. The van der Waals surface area contributed by atoms with E-state index in [1.165, 1.54) is 0 Å². The molecule has 0 unspecified atom stereocenters. The van der Waals surface area contributed by atoms with Crippen molar-refractivity contribution >= 4 is 0 Å². The predicted molar refractivity (Wildman–Crippen MR) is 33.9 cm³/mol. The van der Waals surface area contributed by atoms with Crippen molar-refractivity contribution in [2.45, 2.75) is 0 Å². The molecular weight excluding hydrogens is 154 g/mol. The maximum atomic E-state index is 11.8. The average Bonchev–Trinajstić information content (AvgIpc) is 2.46. The van der Waals surface area contributed by atoms with E-state index >= 15 is 0 Å². The number of nitrogens with zero attached hydrogens (tertiary/aromatic N) is 3. The van der Waals surface area contributed by atoms with Crippen molar-refractivity contribution in [1.29, 1.82) is 10.5 Å². The zero-order valence-corrected chi connectivity index (χ0v) is 6.30. The zero-order chi connectivity index (χ0) is 8.27. The fourth-order valence-electron chi connectivity index (χ4n) is 0.605. The molecule has 0 saturated carbocycles. The molecule has 0 bridgehead atoms. The van der Waals surface area contributed by atoms with Crippen LogP contribution in [0.2, 0.25) is 0 Å². The van der Waals surface area contributed by atoms with Crippen LogP contribution in [0.5, 0.6) is 0 Å². The molecule has 0 saturated heterocycles. The minimum absolute atomic E-state index is 0. The van der Waals surface area contributed by atoms with Gasteiger partial charge in [-0.05, 0) is 5.82 Å². The summed E-state index contributed by atoms with van der Waals surface area (Å²) < 4.78 is 11.8. The Balaban J connectivity index is 0.00000121.